The summed E-state index contributed by atoms with van der Waals surface area (Å²) in [6.45, 7) is 13.1. The third kappa shape index (κ3) is 2.29. The fourth-order valence-electron chi connectivity index (χ4n) is 2.11. The van der Waals surface area contributed by atoms with Crippen LogP contribution in [0.2, 0.25) is 0 Å². The Kier molecular flexibility index (Phi) is 3.59. The standard InChI is InChI=1S/C12H25NO/c1-6-10(3)12(5)9-13-8-11(4,7-2)14-12/h10,13H,6-9H2,1-5H3. The maximum absolute atomic E-state index is 6.30. The van der Waals surface area contributed by atoms with Crippen LogP contribution in [0.4, 0.5) is 0 Å². The van der Waals surface area contributed by atoms with Gasteiger partial charge in [0.1, 0.15) is 0 Å². The van der Waals surface area contributed by atoms with E-state index in [2.05, 4.69) is 39.9 Å². The lowest BCUT2D eigenvalue weighted by Crippen LogP contribution is -2.60. The molecule has 0 saturated carbocycles. The summed E-state index contributed by atoms with van der Waals surface area (Å²) in [5, 5.41) is 3.51. The normalized spacial score (nSPS) is 40.9. The highest BCUT2D eigenvalue weighted by molar-refractivity contribution is 4.93. The van der Waals surface area contributed by atoms with E-state index in [4.69, 9.17) is 4.74 Å². The zero-order valence-corrected chi connectivity index (χ0v) is 10.3. The van der Waals surface area contributed by atoms with Gasteiger partial charge in [0.25, 0.3) is 0 Å². The quantitative estimate of drug-likeness (QED) is 0.754. The van der Waals surface area contributed by atoms with E-state index in [1.807, 2.05) is 0 Å². The molecule has 1 rings (SSSR count). The third-order valence-electron chi connectivity index (χ3n) is 3.86. The molecule has 84 valence electrons. The van der Waals surface area contributed by atoms with Gasteiger partial charge in [0.15, 0.2) is 0 Å². The van der Waals surface area contributed by atoms with Crippen LogP contribution >= 0.6 is 0 Å². The number of ether oxygens (including phenoxy) is 1. The summed E-state index contributed by atoms with van der Waals surface area (Å²) in [6, 6.07) is 0. The van der Waals surface area contributed by atoms with Crippen LogP contribution in [0, 0.1) is 5.92 Å². The molecule has 0 radical (unpaired) electrons. The highest BCUT2D eigenvalue weighted by Crippen LogP contribution is 2.33. The van der Waals surface area contributed by atoms with Gasteiger partial charge >= 0.3 is 0 Å². The summed E-state index contributed by atoms with van der Waals surface area (Å²) in [7, 11) is 0. The first kappa shape index (κ1) is 12.0. The molecule has 0 aromatic rings. The van der Waals surface area contributed by atoms with Crippen LogP contribution in [0.1, 0.15) is 47.5 Å². The average molecular weight is 199 g/mol. The minimum atomic E-state index is 0.0117. The lowest BCUT2D eigenvalue weighted by molar-refractivity contribution is -0.184. The Hall–Kier alpha value is -0.0800. The van der Waals surface area contributed by atoms with E-state index in [0.29, 0.717) is 5.92 Å². The van der Waals surface area contributed by atoms with Gasteiger partial charge in [-0.1, -0.05) is 27.2 Å². The SMILES string of the molecule is CCC(C)C1(C)CNCC(C)(CC)O1. The van der Waals surface area contributed by atoms with Crippen molar-refractivity contribution in [3.05, 3.63) is 0 Å². The predicted octanol–water partition coefficient (Wildman–Crippen LogP) is 2.58. The van der Waals surface area contributed by atoms with Crippen molar-refractivity contribution in [3.8, 4) is 0 Å². The number of nitrogens with one attached hydrogen (secondary N) is 1. The number of morpholine rings is 1. The van der Waals surface area contributed by atoms with E-state index in [0.717, 1.165) is 19.5 Å². The van der Waals surface area contributed by atoms with Crippen LogP contribution in [-0.4, -0.2) is 24.3 Å². The molecule has 0 aromatic heterocycles. The first-order chi connectivity index (χ1) is 6.46. The Morgan fingerprint density at radius 3 is 2.43 bits per heavy atom. The molecule has 0 amide bonds. The average Bonchev–Trinajstić information content (AvgIpc) is 2.16. The van der Waals surface area contributed by atoms with Gasteiger partial charge in [0.2, 0.25) is 0 Å². The second-order valence-electron chi connectivity index (χ2n) is 5.13. The molecule has 2 heteroatoms. The lowest BCUT2D eigenvalue weighted by atomic mass is 9.85. The smallest absolute Gasteiger partial charge is 0.0811 e. The Morgan fingerprint density at radius 1 is 1.29 bits per heavy atom. The van der Waals surface area contributed by atoms with Crippen molar-refractivity contribution < 1.29 is 4.74 Å². The van der Waals surface area contributed by atoms with Crippen molar-refractivity contribution in [2.24, 2.45) is 5.92 Å². The summed E-state index contributed by atoms with van der Waals surface area (Å²) >= 11 is 0. The first-order valence-electron chi connectivity index (χ1n) is 5.86. The van der Waals surface area contributed by atoms with E-state index < -0.39 is 0 Å². The van der Waals surface area contributed by atoms with Gasteiger partial charge in [0, 0.05) is 13.1 Å². The Morgan fingerprint density at radius 2 is 1.93 bits per heavy atom. The number of hydrogen-bond donors (Lipinski definition) is 1. The van der Waals surface area contributed by atoms with Crippen LogP contribution < -0.4 is 5.32 Å². The maximum atomic E-state index is 6.30. The van der Waals surface area contributed by atoms with Crippen LogP contribution in [0.3, 0.4) is 0 Å². The van der Waals surface area contributed by atoms with Crippen molar-refractivity contribution in [2.45, 2.75) is 58.7 Å². The first-order valence-corrected chi connectivity index (χ1v) is 5.86. The topological polar surface area (TPSA) is 21.3 Å². The van der Waals surface area contributed by atoms with E-state index in [9.17, 15) is 0 Å². The maximum Gasteiger partial charge on any atom is 0.0811 e. The second kappa shape index (κ2) is 4.19. The van der Waals surface area contributed by atoms with E-state index in [1.54, 1.807) is 0 Å². The van der Waals surface area contributed by atoms with Crippen molar-refractivity contribution in [1.29, 1.82) is 0 Å². The monoisotopic (exact) mass is 199 g/mol. The van der Waals surface area contributed by atoms with E-state index >= 15 is 0 Å². The van der Waals surface area contributed by atoms with Crippen molar-refractivity contribution in [1.82, 2.24) is 5.32 Å². The predicted molar refractivity (Wildman–Crippen MR) is 60.5 cm³/mol. The van der Waals surface area contributed by atoms with Crippen molar-refractivity contribution in [3.63, 3.8) is 0 Å². The van der Waals surface area contributed by atoms with Gasteiger partial charge in [-0.05, 0) is 26.2 Å². The zero-order valence-electron chi connectivity index (χ0n) is 10.3. The highest BCUT2D eigenvalue weighted by Gasteiger charge is 2.41. The van der Waals surface area contributed by atoms with Crippen molar-refractivity contribution in [2.75, 3.05) is 13.1 Å². The van der Waals surface area contributed by atoms with Gasteiger partial charge in [0.05, 0.1) is 11.2 Å². The molecule has 1 fully saturated rings. The van der Waals surface area contributed by atoms with Crippen LogP contribution in [0.5, 0.6) is 0 Å². The fourth-order valence-corrected chi connectivity index (χ4v) is 2.11. The molecule has 0 spiro atoms. The minimum Gasteiger partial charge on any atom is -0.366 e. The molecule has 0 aromatic carbocycles. The minimum absolute atomic E-state index is 0.0117. The molecule has 2 nitrogen and oxygen atoms in total. The Labute approximate surface area is 88.4 Å². The zero-order chi connectivity index (χ0) is 10.8. The number of rotatable bonds is 3. The molecule has 1 heterocycles. The largest absolute Gasteiger partial charge is 0.366 e. The van der Waals surface area contributed by atoms with Crippen molar-refractivity contribution >= 4 is 0 Å². The Bertz CT molecular complexity index is 195. The molecule has 0 aliphatic carbocycles. The summed E-state index contributed by atoms with van der Waals surface area (Å²) in [5.41, 5.74) is 0.0359. The van der Waals surface area contributed by atoms with Gasteiger partial charge in [-0.2, -0.15) is 0 Å². The van der Waals surface area contributed by atoms with Gasteiger partial charge in [-0.3, -0.25) is 0 Å². The highest BCUT2D eigenvalue weighted by atomic mass is 16.5. The molecule has 0 bridgehead atoms. The molecule has 1 aliphatic heterocycles. The third-order valence-corrected chi connectivity index (χ3v) is 3.86. The van der Waals surface area contributed by atoms with Crippen LogP contribution in [0.25, 0.3) is 0 Å². The summed E-state index contributed by atoms with van der Waals surface area (Å²) < 4.78 is 6.30. The second-order valence-corrected chi connectivity index (χ2v) is 5.13. The van der Waals surface area contributed by atoms with E-state index in [-0.39, 0.29) is 11.2 Å². The van der Waals surface area contributed by atoms with E-state index in [1.165, 1.54) is 6.42 Å². The molecule has 3 atom stereocenters. The van der Waals surface area contributed by atoms with Crippen LogP contribution in [-0.2, 0) is 4.74 Å². The number of hydrogen-bond acceptors (Lipinski definition) is 2. The van der Waals surface area contributed by atoms with Crippen LogP contribution in [0.15, 0.2) is 0 Å². The molecular weight excluding hydrogens is 174 g/mol. The summed E-state index contributed by atoms with van der Waals surface area (Å²) in [6.07, 6.45) is 2.25. The van der Waals surface area contributed by atoms with Gasteiger partial charge in [-0.25, -0.2) is 0 Å². The van der Waals surface area contributed by atoms with Gasteiger partial charge in [-0.15, -0.1) is 0 Å². The molecule has 1 saturated heterocycles. The molecule has 3 unspecified atom stereocenters. The Balaban J connectivity index is 2.71. The summed E-state index contributed by atoms with van der Waals surface area (Å²) in [4.78, 5) is 0. The molecule has 1 N–H and O–H groups in total. The molecule has 14 heavy (non-hydrogen) atoms. The lowest BCUT2D eigenvalue weighted by Gasteiger charge is -2.48. The molecule has 1 aliphatic rings. The summed E-state index contributed by atoms with van der Waals surface area (Å²) in [5.74, 6) is 0.612. The van der Waals surface area contributed by atoms with Gasteiger partial charge < -0.3 is 10.1 Å². The molecular formula is C12H25NO. The fraction of sp³-hybridized carbons (Fsp3) is 1.00.